The molecule has 0 fully saturated rings. The normalized spacial score (nSPS) is 11.6. The van der Waals surface area contributed by atoms with Crippen LogP contribution < -0.4 is 0 Å². The van der Waals surface area contributed by atoms with Gasteiger partial charge in [-0.15, -0.1) is 0 Å². The van der Waals surface area contributed by atoms with Gasteiger partial charge in [0.25, 0.3) is 0 Å². The van der Waals surface area contributed by atoms with Crippen LogP contribution in [0.1, 0.15) is 243 Å². The molecule has 0 aromatic heterocycles. The minimum absolute atomic E-state index is 0. The maximum Gasteiger partial charge on any atom is 2.00 e. The summed E-state index contributed by atoms with van der Waals surface area (Å²) >= 11 is 0. The Bertz CT molecular complexity index is 1340. The standard InChI is InChI=1S/2C25H44O3S.Ca/c2*1-2-3-4-5-6-7-8-9-10-11-12-13-14-15-16-17-18-21-24-22-19-20-23-25(24)29(26,27)28;/h2*19-20,22-23H,2-18,21H2,1H3,(H,26,27,28);/q;;+2/p-2. The molecule has 0 bridgehead atoms. The van der Waals surface area contributed by atoms with Gasteiger partial charge in [-0.25, -0.2) is 16.8 Å². The number of aryl methyl sites for hydroxylation is 2. The molecule has 9 heteroatoms. The van der Waals surface area contributed by atoms with Gasteiger partial charge in [0.05, 0.1) is 9.79 Å². The van der Waals surface area contributed by atoms with Crippen LogP contribution in [0.3, 0.4) is 0 Å². The third-order valence-electron chi connectivity index (χ3n) is 11.6. The molecule has 2 rings (SSSR count). The Kier molecular flexibility index (Phi) is 40.0. The summed E-state index contributed by atoms with van der Waals surface area (Å²) in [6.07, 6.45) is 46.5. The van der Waals surface area contributed by atoms with E-state index in [1.165, 1.54) is 205 Å². The molecular weight excluding hydrogens is 801 g/mol. The van der Waals surface area contributed by atoms with Gasteiger partial charge in [0.2, 0.25) is 0 Å². The summed E-state index contributed by atoms with van der Waals surface area (Å²) in [6, 6.07) is 13.2. The second-order valence-electron chi connectivity index (χ2n) is 16.9. The fourth-order valence-corrected chi connectivity index (χ4v) is 9.46. The Morgan fingerprint density at radius 3 is 0.712 bits per heavy atom. The molecule has 0 unspecified atom stereocenters. The number of unbranched alkanes of at least 4 members (excludes halogenated alkanes) is 32. The summed E-state index contributed by atoms with van der Waals surface area (Å²) in [7, 11) is -8.71. The van der Waals surface area contributed by atoms with E-state index in [0.29, 0.717) is 24.0 Å². The summed E-state index contributed by atoms with van der Waals surface area (Å²) in [5.74, 6) is 0. The second kappa shape index (κ2) is 40.3. The van der Waals surface area contributed by atoms with Gasteiger partial charge in [-0.2, -0.15) is 0 Å². The van der Waals surface area contributed by atoms with Crippen molar-refractivity contribution in [3.8, 4) is 0 Å². The topological polar surface area (TPSA) is 114 Å². The Morgan fingerprint density at radius 1 is 0.322 bits per heavy atom. The molecule has 0 aliphatic heterocycles. The quantitative estimate of drug-likeness (QED) is 0.0377. The predicted molar refractivity (Wildman–Crippen MR) is 250 cm³/mol. The molecule has 0 radical (unpaired) electrons. The second-order valence-corrected chi connectivity index (χ2v) is 19.6. The maximum atomic E-state index is 11.3. The van der Waals surface area contributed by atoms with Gasteiger partial charge in [-0.3, -0.25) is 0 Å². The van der Waals surface area contributed by atoms with Crippen molar-refractivity contribution in [2.75, 3.05) is 0 Å². The molecule has 0 saturated carbocycles. The van der Waals surface area contributed by atoms with Crippen molar-refractivity contribution in [1.29, 1.82) is 0 Å². The summed E-state index contributed by atoms with van der Waals surface area (Å²) in [6.45, 7) is 4.54. The largest absolute Gasteiger partial charge is 2.00 e. The number of hydrogen-bond acceptors (Lipinski definition) is 6. The van der Waals surface area contributed by atoms with E-state index in [4.69, 9.17) is 0 Å². The zero-order valence-corrected chi connectivity index (χ0v) is 41.9. The molecule has 2 aromatic carbocycles. The fourth-order valence-electron chi connectivity index (χ4n) is 7.99. The predicted octanol–water partition coefficient (Wildman–Crippen LogP) is 15.2. The van der Waals surface area contributed by atoms with E-state index in [2.05, 4.69) is 13.8 Å². The minimum atomic E-state index is -4.36. The molecule has 0 spiro atoms. The molecule has 0 aliphatic carbocycles. The molecule has 0 saturated heterocycles. The summed E-state index contributed by atoms with van der Waals surface area (Å²) in [5, 5.41) is 0. The molecule has 0 atom stereocenters. The molecule has 0 amide bonds. The van der Waals surface area contributed by atoms with Crippen LogP contribution in [-0.4, -0.2) is 63.7 Å². The molecule has 59 heavy (non-hydrogen) atoms. The Labute approximate surface area is 395 Å². The third-order valence-corrected chi connectivity index (χ3v) is 13.5. The fraction of sp³-hybridized carbons (Fsp3) is 0.760. The van der Waals surface area contributed by atoms with Gasteiger partial charge in [-0.1, -0.05) is 256 Å². The van der Waals surface area contributed by atoms with Crippen LogP contribution in [0.25, 0.3) is 0 Å². The van der Waals surface area contributed by atoms with Crippen molar-refractivity contribution in [3.63, 3.8) is 0 Å². The smallest absolute Gasteiger partial charge is 0.744 e. The summed E-state index contributed by atoms with van der Waals surface area (Å²) in [5.41, 5.74) is 1.34. The summed E-state index contributed by atoms with van der Waals surface area (Å²) < 4.78 is 67.7. The zero-order chi connectivity index (χ0) is 42.4. The van der Waals surface area contributed by atoms with Crippen LogP contribution in [-0.2, 0) is 33.1 Å². The Balaban J connectivity index is 0.00000112. The van der Waals surface area contributed by atoms with Crippen molar-refractivity contribution in [3.05, 3.63) is 59.7 Å². The average Bonchev–Trinajstić information content (AvgIpc) is 3.20. The van der Waals surface area contributed by atoms with E-state index < -0.39 is 20.2 Å². The summed E-state index contributed by atoms with van der Waals surface area (Å²) in [4.78, 5) is -0.0898. The van der Waals surface area contributed by atoms with Crippen LogP contribution in [0.4, 0.5) is 0 Å². The van der Waals surface area contributed by atoms with Crippen LogP contribution in [0.5, 0.6) is 0 Å². The van der Waals surface area contributed by atoms with Gasteiger partial charge in [0, 0.05) is 0 Å². The van der Waals surface area contributed by atoms with E-state index in [0.717, 1.165) is 25.7 Å². The van der Waals surface area contributed by atoms with E-state index in [1.54, 1.807) is 36.4 Å². The van der Waals surface area contributed by atoms with Crippen molar-refractivity contribution in [1.82, 2.24) is 0 Å². The van der Waals surface area contributed by atoms with Crippen LogP contribution in [0.15, 0.2) is 58.3 Å². The van der Waals surface area contributed by atoms with E-state index >= 15 is 0 Å². The molecule has 6 nitrogen and oxygen atoms in total. The minimum Gasteiger partial charge on any atom is -0.744 e. The number of rotatable bonds is 38. The first kappa shape index (κ1) is 58.5. The molecule has 0 aliphatic rings. The SMILES string of the molecule is CCCCCCCCCCCCCCCCCCCc1ccccc1S(=O)(=O)[O-].CCCCCCCCCCCCCCCCCCCc1ccccc1S(=O)(=O)[O-].[Ca+2]. The zero-order valence-electron chi connectivity index (χ0n) is 38.0. The number of hydrogen-bond donors (Lipinski definition) is 0. The van der Waals surface area contributed by atoms with Gasteiger partial charge in [-0.05, 0) is 48.9 Å². The first-order chi connectivity index (χ1) is 28.1. The molecule has 336 valence electrons. The van der Waals surface area contributed by atoms with Crippen molar-refractivity contribution < 1.29 is 25.9 Å². The molecule has 0 N–H and O–H groups in total. The molecular formula is C50H86CaO6S2. The van der Waals surface area contributed by atoms with Gasteiger partial charge in [0.1, 0.15) is 20.2 Å². The van der Waals surface area contributed by atoms with E-state index in [9.17, 15) is 25.9 Å². The van der Waals surface area contributed by atoms with Crippen molar-refractivity contribution in [2.24, 2.45) is 0 Å². The van der Waals surface area contributed by atoms with Crippen LogP contribution in [0.2, 0.25) is 0 Å². The Hall–Kier alpha value is -0.480. The maximum absolute atomic E-state index is 11.3. The van der Waals surface area contributed by atoms with Gasteiger partial charge in [0.15, 0.2) is 0 Å². The van der Waals surface area contributed by atoms with Gasteiger partial charge >= 0.3 is 37.7 Å². The Morgan fingerprint density at radius 2 is 0.508 bits per heavy atom. The first-order valence-corrected chi connectivity index (χ1v) is 27.0. The monoisotopic (exact) mass is 887 g/mol. The average molecular weight is 887 g/mol. The van der Waals surface area contributed by atoms with Crippen LogP contribution >= 0.6 is 0 Å². The number of benzene rings is 2. The third kappa shape index (κ3) is 34.7. The van der Waals surface area contributed by atoms with E-state index in [-0.39, 0.29) is 47.5 Å². The van der Waals surface area contributed by atoms with Crippen molar-refractivity contribution >= 4 is 58.0 Å². The molecule has 2 aromatic rings. The van der Waals surface area contributed by atoms with E-state index in [1.807, 2.05) is 0 Å². The van der Waals surface area contributed by atoms with Crippen molar-refractivity contribution in [2.45, 2.75) is 255 Å². The van der Waals surface area contributed by atoms with Crippen LogP contribution in [0, 0.1) is 0 Å². The van der Waals surface area contributed by atoms with Gasteiger partial charge < -0.3 is 9.11 Å². The molecule has 0 heterocycles. The first-order valence-electron chi connectivity index (χ1n) is 24.2.